The van der Waals surface area contributed by atoms with Gasteiger partial charge in [-0.15, -0.1) is 10.2 Å². The minimum Gasteiger partial charge on any atom is -0.550 e. The van der Waals surface area contributed by atoms with Crippen molar-refractivity contribution in [2.75, 3.05) is 0 Å². The molecule has 0 fully saturated rings. The number of tetrazole rings is 1. The number of allylic oxidation sites excluding steroid dienone is 2. The van der Waals surface area contributed by atoms with Crippen molar-refractivity contribution >= 4 is 17.1 Å². The van der Waals surface area contributed by atoms with Crippen molar-refractivity contribution in [1.82, 2.24) is 20.2 Å². The summed E-state index contributed by atoms with van der Waals surface area (Å²) >= 11 is 0. The molecule has 2 unspecified atom stereocenters. The summed E-state index contributed by atoms with van der Waals surface area (Å²) in [5, 5.41) is 42.8. The van der Waals surface area contributed by atoms with Crippen LogP contribution >= 0.6 is 0 Å². The fourth-order valence-corrected chi connectivity index (χ4v) is 3.21. The molecule has 2 aromatic carbocycles. The number of carbonyl (C=O) groups is 1. The van der Waals surface area contributed by atoms with Crippen molar-refractivity contribution in [3.63, 3.8) is 0 Å². The number of benzene rings is 2. The smallest absolute Gasteiger partial charge is 0.550 e. The van der Waals surface area contributed by atoms with Crippen molar-refractivity contribution in [3.05, 3.63) is 89.3 Å². The third-order valence-corrected chi connectivity index (χ3v) is 4.69. The number of aromatic nitrogens is 4. The van der Waals surface area contributed by atoms with E-state index in [1.807, 2.05) is 0 Å². The monoisotopic (exact) mass is 478 g/mol. The van der Waals surface area contributed by atoms with E-state index in [0.717, 1.165) is 0 Å². The molecular weight excluding hydrogens is 457 g/mol. The van der Waals surface area contributed by atoms with Crippen LogP contribution in [0.1, 0.15) is 29.8 Å². The summed E-state index contributed by atoms with van der Waals surface area (Å²) in [6.07, 6.45) is -0.518. The Morgan fingerprint density at radius 2 is 1.59 bits per heavy atom. The average molecular weight is 478 g/mol. The summed E-state index contributed by atoms with van der Waals surface area (Å²) in [5.74, 6) is -2.13. The first kappa shape index (κ1) is 27.5. The number of aliphatic hydroxyl groups excluding tert-OH is 2. The molecule has 0 amide bonds. The zero-order valence-electron chi connectivity index (χ0n) is 18.6. The molecule has 1 aromatic heterocycles. The Balaban J connectivity index is 0.00000408. The van der Waals surface area contributed by atoms with Gasteiger partial charge in [0.05, 0.1) is 19.3 Å². The number of halogens is 2. The fourth-order valence-electron chi connectivity index (χ4n) is 3.21. The van der Waals surface area contributed by atoms with Gasteiger partial charge in [0.2, 0.25) is 5.82 Å². The third kappa shape index (κ3) is 7.64. The SMILES string of the molecule is Cn1nnc(C(/C=C/C(O)CC(O)CC(=O)[O-])=C(c2ccc(F)cc2)c2ccc(F)cc2)n1.[Na+]. The van der Waals surface area contributed by atoms with Crippen molar-refractivity contribution in [3.8, 4) is 0 Å². The van der Waals surface area contributed by atoms with E-state index in [9.17, 15) is 28.9 Å². The van der Waals surface area contributed by atoms with E-state index in [1.165, 1.54) is 65.5 Å². The first-order valence-corrected chi connectivity index (χ1v) is 9.97. The second-order valence-corrected chi connectivity index (χ2v) is 7.30. The topological polar surface area (TPSA) is 124 Å². The van der Waals surface area contributed by atoms with Crippen molar-refractivity contribution in [2.24, 2.45) is 7.05 Å². The van der Waals surface area contributed by atoms with Crippen LogP contribution in [-0.4, -0.2) is 48.6 Å². The Kier molecular flexibility index (Phi) is 10.2. The van der Waals surface area contributed by atoms with Crippen LogP contribution < -0.4 is 34.7 Å². The molecule has 2 atom stereocenters. The Labute approximate surface area is 216 Å². The number of hydrogen-bond donors (Lipinski definition) is 2. The molecule has 34 heavy (non-hydrogen) atoms. The van der Waals surface area contributed by atoms with E-state index in [2.05, 4.69) is 15.4 Å². The predicted octanol–water partition coefficient (Wildman–Crippen LogP) is -1.74. The summed E-state index contributed by atoms with van der Waals surface area (Å²) in [7, 11) is 1.57. The van der Waals surface area contributed by atoms with E-state index in [4.69, 9.17) is 0 Å². The first-order valence-electron chi connectivity index (χ1n) is 9.97. The quantitative estimate of drug-likeness (QED) is 0.276. The predicted molar refractivity (Wildman–Crippen MR) is 113 cm³/mol. The van der Waals surface area contributed by atoms with Gasteiger partial charge in [0.25, 0.3) is 0 Å². The normalized spacial score (nSPS) is 12.7. The second-order valence-electron chi connectivity index (χ2n) is 7.30. The molecule has 1 heterocycles. The number of nitrogens with zero attached hydrogens (tertiary/aromatic N) is 4. The molecule has 0 aliphatic carbocycles. The van der Waals surface area contributed by atoms with Gasteiger partial charge < -0.3 is 20.1 Å². The zero-order valence-corrected chi connectivity index (χ0v) is 20.6. The molecule has 3 rings (SSSR count). The van der Waals surface area contributed by atoms with Crippen LogP contribution in [0.2, 0.25) is 0 Å². The number of rotatable bonds is 9. The fraction of sp³-hybridized carbons (Fsp3) is 0.217. The van der Waals surface area contributed by atoms with Crippen LogP contribution in [0.3, 0.4) is 0 Å². The summed E-state index contributed by atoms with van der Waals surface area (Å²) in [5.41, 5.74) is 2.04. The molecule has 0 aliphatic rings. The van der Waals surface area contributed by atoms with Gasteiger partial charge in [-0.05, 0) is 40.6 Å². The van der Waals surface area contributed by atoms with Crippen LogP contribution in [0, 0.1) is 11.6 Å². The minimum atomic E-state index is -1.43. The first-order chi connectivity index (χ1) is 15.7. The molecular formula is C23H21F2N4NaO4. The van der Waals surface area contributed by atoms with Crippen LogP contribution in [0.5, 0.6) is 0 Å². The van der Waals surface area contributed by atoms with E-state index in [1.54, 1.807) is 7.05 Å². The van der Waals surface area contributed by atoms with Gasteiger partial charge in [0, 0.05) is 30.0 Å². The van der Waals surface area contributed by atoms with Gasteiger partial charge >= 0.3 is 29.6 Å². The molecule has 2 N–H and O–H groups in total. The Morgan fingerprint density at radius 1 is 1.06 bits per heavy atom. The van der Waals surface area contributed by atoms with Gasteiger partial charge in [-0.1, -0.05) is 36.4 Å². The summed E-state index contributed by atoms with van der Waals surface area (Å²) < 4.78 is 27.2. The van der Waals surface area contributed by atoms with Crippen LogP contribution in [0.4, 0.5) is 8.78 Å². The molecule has 0 aliphatic heterocycles. The zero-order chi connectivity index (χ0) is 24.0. The van der Waals surface area contributed by atoms with E-state index in [-0.39, 0.29) is 41.8 Å². The van der Waals surface area contributed by atoms with Gasteiger partial charge in [0.1, 0.15) is 11.6 Å². The second kappa shape index (κ2) is 12.6. The number of aliphatic hydroxyl groups is 2. The maximum absolute atomic E-state index is 13.6. The van der Waals surface area contributed by atoms with Crippen molar-refractivity contribution in [1.29, 1.82) is 0 Å². The standard InChI is InChI=1S/C23H22F2N4O4.Na/c1-29-27-23(26-28-29)20(11-10-18(30)12-19(31)13-21(32)33)22(14-2-6-16(24)7-3-14)15-4-8-17(25)9-5-15;/h2-11,18-19,30-31H,12-13H2,1H3,(H,32,33);/q;+1/p-1/b11-10+;. The molecule has 0 radical (unpaired) electrons. The molecule has 172 valence electrons. The van der Waals surface area contributed by atoms with Gasteiger partial charge in [-0.25, -0.2) is 8.78 Å². The van der Waals surface area contributed by atoms with E-state index < -0.39 is 36.2 Å². The van der Waals surface area contributed by atoms with Crippen molar-refractivity contribution < 1.29 is 58.5 Å². The number of aryl methyl sites for hydroxylation is 1. The molecule has 8 nitrogen and oxygen atoms in total. The van der Waals surface area contributed by atoms with Gasteiger partial charge in [-0.2, -0.15) is 4.80 Å². The van der Waals surface area contributed by atoms with Crippen LogP contribution in [0.15, 0.2) is 60.7 Å². The summed E-state index contributed by atoms with van der Waals surface area (Å²) in [4.78, 5) is 11.9. The molecule has 0 spiro atoms. The number of hydrogen-bond acceptors (Lipinski definition) is 7. The number of carboxylic acid groups (broad SMARTS) is 1. The molecule has 0 saturated carbocycles. The minimum absolute atomic E-state index is 0. The van der Waals surface area contributed by atoms with E-state index in [0.29, 0.717) is 22.3 Å². The van der Waals surface area contributed by atoms with E-state index >= 15 is 0 Å². The Bertz CT molecular complexity index is 1120. The Hall–Kier alpha value is -2.76. The third-order valence-electron chi connectivity index (χ3n) is 4.69. The van der Waals surface area contributed by atoms with Crippen LogP contribution in [0.25, 0.3) is 11.1 Å². The maximum atomic E-state index is 13.6. The van der Waals surface area contributed by atoms with Crippen molar-refractivity contribution in [2.45, 2.75) is 25.0 Å². The summed E-state index contributed by atoms with van der Waals surface area (Å²) in [6.45, 7) is 0. The molecule has 3 aromatic rings. The number of aliphatic carboxylic acids is 1. The van der Waals surface area contributed by atoms with Crippen LogP contribution in [-0.2, 0) is 11.8 Å². The number of carboxylic acids is 1. The average Bonchev–Trinajstić information content (AvgIpc) is 3.18. The van der Waals surface area contributed by atoms with Gasteiger partial charge in [0.15, 0.2) is 0 Å². The number of carbonyl (C=O) groups excluding carboxylic acids is 1. The summed E-state index contributed by atoms with van der Waals surface area (Å²) in [6, 6.07) is 11.3. The van der Waals surface area contributed by atoms with Gasteiger partial charge in [-0.3, -0.25) is 0 Å². The largest absolute Gasteiger partial charge is 1.00 e. The molecule has 0 bridgehead atoms. The maximum Gasteiger partial charge on any atom is 1.00 e. The Morgan fingerprint density at radius 3 is 2.03 bits per heavy atom. The molecule has 0 saturated heterocycles. The molecule has 11 heteroatoms.